The Kier molecular flexibility index (Phi) is 3.77. The molecule has 0 saturated carbocycles. The van der Waals surface area contributed by atoms with Crippen LogP contribution >= 0.6 is 0 Å². The maximum absolute atomic E-state index is 8.63. The maximum atomic E-state index is 8.63. The van der Waals surface area contributed by atoms with Gasteiger partial charge in [-0.2, -0.15) is 0 Å². The lowest BCUT2D eigenvalue weighted by molar-refractivity contribution is 0.0304. The molecule has 1 radical (unpaired) electrons. The molecule has 3 nitrogen and oxygen atoms in total. The number of aliphatic hydroxyl groups is 3. The monoisotopic (exact) mass is 133 g/mol. The molecule has 0 amide bonds. The summed E-state index contributed by atoms with van der Waals surface area (Å²) in [4.78, 5) is 0. The number of rotatable bonds is 4. The molecule has 0 aromatic carbocycles. The lowest BCUT2D eigenvalue weighted by Crippen LogP contribution is -2.33. The normalized spacial score (nSPS) is 12.0. The number of aliphatic hydroxyl groups excluding tert-OH is 3. The molecule has 0 aliphatic carbocycles. The summed E-state index contributed by atoms with van der Waals surface area (Å²) in [7, 11) is 0. The largest absolute Gasteiger partial charge is 0.396 e. The van der Waals surface area contributed by atoms with Crippen molar-refractivity contribution in [1.82, 2.24) is 0 Å². The van der Waals surface area contributed by atoms with Gasteiger partial charge in [0.25, 0.3) is 0 Å². The Morgan fingerprint density at radius 3 is 1.44 bits per heavy atom. The van der Waals surface area contributed by atoms with Crippen molar-refractivity contribution >= 4 is 0 Å². The predicted molar refractivity (Wildman–Crippen MR) is 33.7 cm³/mol. The van der Waals surface area contributed by atoms with E-state index < -0.39 is 5.41 Å². The summed E-state index contributed by atoms with van der Waals surface area (Å²) in [6, 6.07) is 0. The molecule has 0 heterocycles. The van der Waals surface area contributed by atoms with Gasteiger partial charge in [0.2, 0.25) is 0 Å². The molecule has 0 aromatic heterocycles. The molecular weight excluding hydrogens is 120 g/mol. The molecule has 0 saturated heterocycles. The van der Waals surface area contributed by atoms with E-state index in [-0.39, 0.29) is 19.8 Å². The highest BCUT2D eigenvalue weighted by atomic mass is 16.3. The lowest BCUT2D eigenvalue weighted by atomic mass is 9.88. The Labute approximate surface area is 54.9 Å². The summed E-state index contributed by atoms with van der Waals surface area (Å²) in [6.07, 6.45) is 1.60. The second-order valence-electron chi connectivity index (χ2n) is 2.13. The zero-order valence-corrected chi connectivity index (χ0v) is 5.54. The molecule has 0 aliphatic rings. The van der Waals surface area contributed by atoms with Gasteiger partial charge in [0.1, 0.15) is 0 Å². The van der Waals surface area contributed by atoms with Crippen LogP contribution in [0.2, 0.25) is 0 Å². The van der Waals surface area contributed by atoms with Crippen molar-refractivity contribution in [3.8, 4) is 0 Å². The van der Waals surface area contributed by atoms with Crippen molar-refractivity contribution in [2.45, 2.75) is 6.92 Å². The molecule has 0 rings (SSSR count). The van der Waals surface area contributed by atoms with E-state index in [1.807, 2.05) is 0 Å². The van der Waals surface area contributed by atoms with Gasteiger partial charge in [0, 0.05) is 5.41 Å². The smallest absolute Gasteiger partial charge is 0.0534 e. The Balaban J connectivity index is 3.82. The van der Waals surface area contributed by atoms with Crippen molar-refractivity contribution < 1.29 is 15.3 Å². The molecule has 3 N–H and O–H groups in total. The third kappa shape index (κ3) is 1.93. The van der Waals surface area contributed by atoms with Crippen LogP contribution in [0.25, 0.3) is 0 Å². The molecule has 0 atom stereocenters. The molecule has 0 aliphatic heterocycles. The number of hydrogen-bond donors (Lipinski definition) is 3. The summed E-state index contributed by atoms with van der Waals surface area (Å²) in [5.74, 6) is 0. The second kappa shape index (κ2) is 3.82. The molecular formula is C6H13O3. The molecule has 0 spiro atoms. The van der Waals surface area contributed by atoms with Gasteiger partial charge in [-0.15, -0.1) is 0 Å². The molecule has 55 valence electrons. The van der Waals surface area contributed by atoms with E-state index in [1.165, 1.54) is 0 Å². The Hall–Kier alpha value is -0.120. The number of hydrogen-bond acceptors (Lipinski definition) is 3. The van der Waals surface area contributed by atoms with E-state index in [4.69, 9.17) is 15.3 Å². The average molecular weight is 133 g/mol. The van der Waals surface area contributed by atoms with Gasteiger partial charge < -0.3 is 15.3 Å². The van der Waals surface area contributed by atoms with Crippen LogP contribution in [0.3, 0.4) is 0 Å². The predicted octanol–water partition coefficient (Wildman–Crippen LogP) is -0.826. The third-order valence-electron chi connectivity index (χ3n) is 1.56. The minimum absolute atomic E-state index is 0.212. The summed E-state index contributed by atoms with van der Waals surface area (Å²) < 4.78 is 0. The van der Waals surface area contributed by atoms with Crippen molar-refractivity contribution in [2.24, 2.45) is 5.41 Å². The van der Waals surface area contributed by atoms with Crippen LogP contribution in [0.1, 0.15) is 6.92 Å². The van der Waals surface area contributed by atoms with Crippen LogP contribution in [0.5, 0.6) is 0 Å². The van der Waals surface area contributed by atoms with Gasteiger partial charge >= 0.3 is 0 Å². The van der Waals surface area contributed by atoms with Crippen molar-refractivity contribution in [3.63, 3.8) is 0 Å². The minimum atomic E-state index is -0.792. The lowest BCUT2D eigenvalue weighted by Gasteiger charge is -2.24. The first-order valence-electron chi connectivity index (χ1n) is 2.88. The SMILES string of the molecule is C[CH]C(CO)(CO)CO. The van der Waals surface area contributed by atoms with Crippen molar-refractivity contribution in [1.29, 1.82) is 0 Å². The first kappa shape index (κ1) is 8.88. The fourth-order valence-corrected chi connectivity index (χ4v) is 0.424. The molecule has 0 unspecified atom stereocenters. The van der Waals surface area contributed by atoms with Crippen molar-refractivity contribution in [3.05, 3.63) is 6.42 Å². The zero-order valence-electron chi connectivity index (χ0n) is 5.54. The average Bonchev–Trinajstić information content (AvgIpc) is 1.95. The maximum Gasteiger partial charge on any atom is 0.0534 e. The van der Waals surface area contributed by atoms with Crippen LogP contribution < -0.4 is 0 Å². The van der Waals surface area contributed by atoms with E-state index in [9.17, 15) is 0 Å². The Morgan fingerprint density at radius 2 is 1.44 bits per heavy atom. The highest BCUT2D eigenvalue weighted by Gasteiger charge is 2.25. The fraction of sp³-hybridized carbons (Fsp3) is 0.833. The van der Waals surface area contributed by atoms with E-state index in [1.54, 1.807) is 13.3 Å². The first-order valence-corrected chi connectivity index (χ1v) is 2.88. The van der Waals surface area contributed by atoms with Crippen LogP contribution in [0.4, 0.5) is 0 Å². The quantitative estimate of drug-likeness (QED) is 0.469. The minimum Gasteiger partial charge on any atom is -0.396 e. The highest BCUT2D eigenvalue weighted by molar-refractivity contribution is 4.87. The van der Waals surface area contributed by atoms with Crippen LogP contribution in [-0.4, -0.2) is 35.1 Å². The van der Waals surface area contributed by atoms with E-state index >= 15 is 0 Å². The summed E-state index contributed by atoms with van der Waals surface area (Å²) in [5.41, 5.74) is -0.792. The Bertz CT molecular complexity index is 51.2. The van der Waals surface area contributed by atoms with Gasteiger partial charge in [-0.1, -0.05) is 6.92 Å². The van der Waals surface area contributed by atoms with E-state index in [0.29, 0.717) is 0 Å². The van der Waals surface area contributed by atoms with E-state index in [0.717, 1.165) is 0 Å². The van der Waals surface area contributed by atoms with Crippen LogP contribution in [0, 0.1) is 11.8 Å². The van der Waals surface area contributed by atoms with Gasteiger partial charge in [-0.05, 0) is 6.42 Å². The third-order valence-corrected chi connectivity index (χ3v) is 1.56. The molecule has 0 fully saturated rings. The Morgan fingerprint density at radius 1 is 1.11 bits per heavy atom. The highest BCUT2D eigenvalue weighted by Crippen LogP contribution is 2.17. The molecule has 9 heavy (non-hydrogen) atoms. The summed E-state index contributed by atoms with van der Waals surface area (Å²) in [5, 5.41) is 25.9. The molecule has 0 bridgehead atoms. The van der Waals surface area contributed by atoms with E-state index in [2.05, 4.69) is 0 Å². The first-order chi connectivity index (χ1) is 4.24. The summed E-state index contributed by atoms with van der Waals surface area (Å²) in [6.45, 7) is 1.06. The van der Waals surface area contributed by atoms with Crippen LogP contribution in [-0.2, 0) is 0 Å². The van der Waals surface area contributed by atoms with Gasteiger partial charge in [0.05, 0.1) is 19.8 Å². The van der Waals surface area contributed by atoms with Crippen molar-refractivity contribution in [2.75, 3.05) is 19.8 Å². The van der Waals surface area contributed by atoms with Gasteiger partial charge in [0.15, 0.2) is 0 Å². The standard InChI is InChI=1S/C6H13O3/c1-2-6(3-7,4-8)5-9/h2,7-9H,3-5H2,1H3. The fourth-order valence-electron chi connectivity index (χ4n) is 0.424. The summed E-state index contributed by atoms with van der Waals surface area (Å²) >= 11 is 0. The zero-order chi connectivity index (χ0) is 7.33. The van der Waals surface area contributed by atoms with Gasteiger partial charge in [-0.3, -0.25) is 0 Å². The van der Waals surface area contributed by atoms with Crippen LogP contribution in [0.15, 0.2) is 0 Å². The molecule has 0 aromatic rings. The second-order valence-corrected chi connectivity index (χ2v) is 2.13. The van der Waals surface area contributed by atoms with Gasteiger partial charge in [-0.25, -0.2) is 0 Å². The topological polar surface area (TPSA) is 60.7 Å². The molecule has 3 heteroatoms.